The summed E-state index contributed by atoms with van der Waals surface area (Å²) in [7, 11) is 0. The van der Waals surface area contributed by atoms with Gasteiger partial charge in [0.2, 0.25) is 11.8 Å². The molecule has 6 N–H and O–H groups in total. The Hall–Kier alpha value is -2.94. The summed E-state index contributed by atoms with van der Waals surface area (Å²) in [6, 6.07) is 5.84. The van der Waals surface area contributed by atoms with Gasteiger partial charge in [-0.15, -0.1) is 0 Å². The van der Waals surface area contributed by atoms with Gasteiger partial charge in [-0.1, -0.05) is 38.1 Å². The van der Waals surface area contributed by atoms with Crippen LogP contribution in [0.4, 0.5) is 0 Å². The first-order chi connectivity index (χ1) is 14.2. The number of amides is 2. The van der Waals surface area contributed by atoms with Gasteiger partial charge in [-0.05, 0) is 30.7 Å². The molecule has 1 saturated heterocycles. The van der Waals surface area contributed by atoms with Crippen molar-refractivity contribution in [3.05, 3.63) is 35.4 Å². The summed E-state index contributed by atoms with van der Waals surface area (Å²) in [5.41, 5.74) is 6.92. The van der Waals surface area contributed by atoms with Gasteiger partial charge in [0, 0.05) is 18.7 Å². The third-order valence-corrected chi connectivity index (χ3v) is 5.08. The Kier molecular flexibility index (Phi) is 8.35. The lowest BCUT2D eigenvalue weighted by Crippen LogP contribution is -2.53. The minimum absolute atomic E-state index is 0.0156. The summed E-state index contributed by atoms with van der Waals surface area (Å²) in [6.07, 6.45) is 1.80. The van der Waals surface area contributed by atoms with Crippen molar-refractivity contribution in [1.29, 1.82) is 5.41 Å². The van der Waals surface area contributed by atoms with Crippen LogP contribution in [0.3, 0.4) is 0 Å². The first-order valence-corrected chi connectivity index (χ1v) is 10.2. The molecule has 30 heavy (non-hydrogen) atoms. The molecule has 2 rings (SSSR count). The number of nitrogen functional groups attached to an aromatic ring is 1. The van der Waals surface area contributed by atoms with Gasteiger partial charge in [0.15, 0.2) is 0 Å². The second-order valence-corrected chi connectivity index (χ2v) is 7.97. The topological polar surface area (TPSA) is 149 Å². The summed E-state index contributed by atoms with van der Waals surface area (Å²) in [5.74, 6) is -1.29. The Balaban J connectivity index is 1.99. The molecule has 2 amide bonds. The number of nitrogens with one attached hydrogen (secondary N) is 3. The number of nitrogens with two attached hydrogens (primary N) is 1. The van der Waals surface area contributed by atoms with Crippen molar-refractivity contribution in [3.8, 4) is 0 Å². The number of rotatable bonds is 10. The lowest BCUT2D eigenvalue weighted by atomic mass is 10.0. The highest BCUT2D eigenvalue weighted by molar-refractivity contribution is 5.95. The van der Waals surface area contributed by atoms with Gasteiger partial charge < -0.3 is 21.1 Å². The van der Waals surface area contributed by atoms with Crippen molar-refractivity contribution in [2.45, 2.75) is 51.7 Å². The van der Waals surface area contributed by atoms with Gasteiger partial charge in [0.25, 0.3) is 0 Å². The molecule has 0 aromatic heterocycles. The molecular formula is C21H31N5O4. The number of carboxylic acids is 1. The van der Waals surface area contributed by atoms with Crippen molar-refractivity contribution in [2.75, 3.05) is 13.1 Å². The number of carbonyl (C=O) groups excluding carboxylic acids is 2. The highest BCUT2D eigenvalue weighted by Gasteiger charge is 2.37. The van der Waals surface area contributed by atoms with Crippen LogP contribution in [0.15, 0.2) is 24.3 Å². The molecule has 2 atom stereocenters. The number of hydrogen-bond acceptors (Lipinski definition) is 5. The van der Waals surface area contributed by atoms with E-state index in [1.807, 2.05) is 13.8 Å². The summed E-state index contributed by atoms with van der Waals surface area (Å²) >= 11 is 0. The maximum Gasteiger partial charge on any atom is 0.317 e. The van der Waals surface area contributed by atoms with Crippen molar-refractivity contribution >= 4 is 23.6 Å². The van der Waals surface area contributed by atoms with Crippen LogP contribution in [-0.4, -0.2) is 58.8 Å². The van der Waals surface area contributed by atoms with Crippen LogP contribution in [0.5, 0.6) is 0 Å². The lowest BCUT2D eigenvalue weighted by molar-refractivity contribution is -0.141. The number of nitrogens with zero attached hydrogens (tertiary/aromatic N) is 1. The van der Waals surface area contributed by atoms with Crippen LogP contribution >= 0.6 is 0 Å². The minimum Gasteiger partial charge on any atom is -0.480 e. The van der Waals surface area contributed by atoms with Crippen LogP contribution in [-0.2, 0) is 20.9 Å². The molecule has 1 aliphatic heterocycles. The monoisotopic (exact) mass is 417 g/mol. The first kappa shape index (κ1) is 23.3. The van der Waals surface area contributed by atoms with Gasteiger partial charge >= 0.3 is 5.97 Å². The Morgan fingerprint density at radius 3 is 2.50 bits per heavy atom. The van der Waals surface area contributed by atoms with Crippen LogP contribution in [0.1, 0.15) is 44.2 Å². The first-order valence-electron chi connectivity index (χ1n) is 10.2. The molecule has 1 aliphatic rings. The highest BCUT2D eigenvalue weighted by atomic mass is 16.4. The molecular weight excluding hydrogens is 386 g/mol. The van der Waals surface area contributed by atoms with Crippen molar-refractivity contribution in [2.24, 2.45) is 11.7 Å². The van der Waals surface area contributed by atoms with E-state index in [0.29, 0.717) is 31.5 Å². The van der Waals surface area contributed by atoms with Crippen LogP contribution in [0.25, 0.3) is 0 Å². The van der Waals surface area contributed by atoms with Gasteiger partial charge in [-0.3, -0.25) is 25.1 Å². The Morgan fingerprint density at radius 2 is 1.93 bits per heavy atom. The van der Waals surface area contributed by atoms with E-state index in [9.17, 15) is 14.4 Å². The molecule has 9 nitrogen and oxygen atoms in total. The zero-order valence-corrected chi connectivity index (χ0v) is 17.5. The predicted octanol–water partition coefficient (Wildman–Crippen LogP) is 0.667. The normalized spacial score (nSPS) is 17.0. The van der Waals surface area contributed by atoms with Gasteiger partial charge in [-0.25, -0.2) is 0 Å². The number of likely N-dealkylation sites (tertiary alicyclic amines) is 1. The maximum atomic E-state index is 13.0. The Morgan fingerprint density at radius 1 is 1.27 bits per heavy atom. The van der Waals surface area contributed by atoms with E-state index >= 15 is 0 Å². The number of benzene rings is 1. The Labute approximate surface area is 176 Å². The second-order valence-electron chi connectivity index (χ2n) is 7.97. The zero-order chi connectivity index (χ0) is 22.3. The van der Waals surface area contributed by atoms with Gasteiger partial charge in [0.05, 0.1) is 12.6 Å². The largest absolute Gasteiger partial charge is 0.480 e. The van der Waals surface area contributed by atoms with Gasteiger partial charge in [0.1, 0.15) is 11.9 Å². The molecule has 0 saturated carbocycles. The van der Waals surface area contributed by atoms with Crippen LogP contribution < -0.4 is 16.4 Å². The third kappa shape index (κ3) is 6.55. The molecule has 0 aliphatic carbocycles. The van der Waals surface area contributed by atoms with Crippen LogP contribution in [0.2, 0.25) is 0 Å². The number of aliphatic carboxylic acids is 1. The SMILES string of the molecule is CC(C)C[C@H](NCC(=O)O)C(=O)N1CCC[C@H]1C(=O)NCc1ccc(C(=N)N)cc1. The lowest BCUT2D eigenvalue weighted by Gasteiger charge is -2.29. The summed E-state index contributed by atoms with van der Waals surface area (Å²) < 4.78 is 0. The Bertz CT molecular complexity index is 778. The fourth-order valence-electron chi connectivity index (χ4n) is 3.57. The fraction of sp³-hybridized carbons (Fsp3) is 0.524. The number of hydrogen-bond donors (Lipinski definition) is 5. The van der Waals surface area contributed by atoms with Crippen molar-refractivity contribution in [1.82, 2.24) is 15.5 Å². The van der Waals surface area contributed by atoms with E-state index in [-0.39, 0.29) is 30.1 Å². The zero-order valence-electron chi connectivity index (χ0n) is 17.5. The molecule has 1 aromatic rings. The van der Waals surface area contributed by atoms with Crippen molar-refractivity contribution < 1.29 is 19.5 Å². The molecule has 0 spiro atoms. The summed E-state index contributed by atoms with van der Waals surface area (Å²) in [4.78, 5) is 38.3. The molecule has 1 aromatic carbocycles. The van der Waals surface area contributed by atoms with Crippen LogP contribution in [0, 0.1) is 11.3 Å². The average molecular weight is 418 g/mol. The molecule has 164 valence electrons. The molecule has 1 heterocycles. The van der Waals surface area contributed by atoms with E-state index in [0.717, 1.165) is 12.0 Å². The van der Waals surface area contributed by atoms with E-state index < -0.39 is 18.1 Å². The highest BCUT2D eigenvalue weighted by Crippen LogP contribution is 2.20. The molecule has 0 radical (unpaired) electrons. The minimum atomic E-state index is -1.02. The smallest absolute Gasteiger partial charge is 0.317 e. The second kappa shape index (κ2) is 10.7. The molecule has 0 unspecified atom stereocenters. The molecule has 9 heteroatoms. The predicted molar refractivity (Wildman–Crippen MR) is 113 cm³/mol. The van der Waals surface area contributed by atoms with Crippen molar-refractivity contribution in [3.63, 3.8) is 0 Å². The number of amidine groups is 1. The van der Waals surface area contributed by atoms with E-state index in [4.69, 9.17) is 16.2 Å². The van der Waals surface area contributed by atoms with E-state index in [1.54, 1.807) is 29.2 Å². The van der Waals surface area contributed by atoms with E-state index in [1.165, 1.54) is 0 Å². The molecule has 0 bridgehead atoms. The number of carbonyl (C=O) groups is 3. The van der Waals surface area contributed by atoms with Gasteiger partial charge in [-0.2, -0.15) is 0 Å². The maximum absolute atomic E-state index is 13.0. The fourth-order valence-corrected chi connectivity index (χ4v) is 3.57. The third-order valence-electron chi connectivity index (χ3n) is 5.08. The average Bonchev–Trinajstić information content (AvgIpc) is 3.18. The van der Waals surface area contributed by atoms with E-state index in [2.05, 4.69) is 10.6 Å². The number of carboxylic acid groups (broad SMARTS) is 1. The quantitative estimate of drug-likeness (QED) is 0.279. The standard InChI is InChI=1S/C21H31N5O4/c1-13(2)10-16(24-12-18(27)28)21(30)26-9-3-4-17(26)20(29)25-11-14-5-7-15(8-6-14)19(22)23/h5-8,13,16-17,24H,3-4,9-12H2,1-2H3,(H3,22,23)(H,25,29)(H,27,28)/t16-,17-/m0/s1. The summed E-state index contributed by atoms with van der Waals surface area (Å²) in [5, 5.41) is 22.0. The summed E-state index contributed by atoms with van der Waals surface area (Å²) in [6.45, 7) is 4.42. The molecule has 1 fully saturated rings.